The van der Waals surface area contributed by atoms with Gasteiger partial charge < -0.3 is 10.2 Å². The predicted molar refractivity (Wildman–Crippen MR) is 82.8 cm³/mol. The maximum Gasteiger partial charge on any atom is 0.240 e. The first-order chi connectivity index (χ1) is 10.3. The fourth-order valence-electron chi connectivity index (χ4n) is 4.56. The largest absolute Gasteiger partial charge is 0.338 e. The van der Waals surface area contributed by atoms with Crippen molar-refractivity contribution in [3.05, 3.63) is 35.4 Å². The Bertz CT molecular complexity index is 542. The van der Waals surface area contributed by atoms with Crippen LogP contribution in [0.1, 0.15) is 43.2 Å². The van der Waals surface area contributed by atoms with Crippen molar-refractivity contribution in [1.82, 2.24) is 10.2 Å². The lowest BCUT2D eigenvalue weighted by molar-refractivity contribution is -0.138. The van der Waals surface area contributed by atoms with E-state index >= 15 is 0 Å². The Morgan fingerprint density at radius 1 is 1.10 bits per heavy atom. The SMILES string of the molecule is O=C([C@@H]1Cc2ccccc2CN1)N1CCCC2CCCC21. The van der Waals surface area contributed by atoms with Crippen LogP contribution in [-0.2, 0) is 17.8 Å². The van der Waals surface area contributed by atoms with Gasteiger partial charge in [0.2, 0.25) is 5.91 Å². The van der Waals surface area contributed by atoms with E-state index in [0.29, 0.717) is 11.9 Å². The maximum absolute atomic E-state index is 13.0. The van der Waals surface area contributed by atoms with Crippen LogP contribution in [0.25, 0.3) is 0 Å². The maximum atomic E-state index is 13.0. The first-order valence-electron chi connectivity index (χ1n) is 8.43. The van der Waals surface area contributed by atoms with E-state index in [1.54, 1.807) is 0 Å². The monoisotopic (exact) mass is 284 g/mol. The second kappa shape index (κ2) is 5.45. The lowest BCUT2D eigenvalue weighted by Crippen LogP contribution is -2.55. The number of likely N-dealkylation sites (tertiary alicyclic amines) is 1. The van der Waals surface area contributed by atoms with Crippen LogP contribution < -0.4 is 5.32 Å². The molecule has 2 aliphatic heterocycles. The van der Waals surface area contributed by atoms with Gasteiger partial charge in [-0.2, -0.15) is 0 Å². The molecule has 1 N–H and O–H groups in total. The quantitative estimate of drug-likeness (QED) is 0.859. The minimum atomic E-state index is -0.0146. The van der Waals surface area contributed by atoms with Crippen LogP contribution in [0.2, 0.25) is 0 Å². The highest BCUT2D eigenvalue weighted by atomic mass is 16.2. The number of nitrogens with one attached hydrogen (secondary N) is 1. The molecule has 3 heteroatoms. The average Bonchev–Trinajstić information content (AvgIpc) is 3.02. The van der Waals surface area contributed by atoms with Crippen molar-refractivity contribution < 1.29 is 4.79 Å². The first kappa shape index (κ1) is 13.3. The molecule has 1 aromatic rings. The number of nitrogens with zero attached hydrogens (tertiary/aromatic N) is 1. The highest BCUT2D eigenvalue weighted by Gasteiger charge is 2.39. The second-order valence-corrected chi connectivity index (χ2v) is 6.84. The van der Waals surface area contributed by atoms with Gasteiger partial charge in [-0.25, -0.2) is 0 Å². The van der Waals surface area contributed by atoms with Gasteiger partial charge in [-0.3, -0.25) is 4.79 Å². The van der Waals surface area contributed by atoms with Gasteiger partial charge >= 0.3 is 0 Å². The number of hydrogen-bond acceptors (Lipinski definition) is 2. The van der Waals surface area contributed by atoms with Gasteiger partial charge in [-0.05, 0) is 49.1 Å². The van der Waals surface area contributed by atoms with Crippen LogP contribution in [0.5, 0.6) is 0 Å². The van der Waals surface area contributed by atoms with Crippen molar-refractivity contribution in [2.75, 3.05) is 6.54 Å². The van der Waals surface area contributed by atoms with Gasteiger partial charge in [0.15, 0.2) is 0 Å². The molecule has 112 valence electrons. The van der Waals surface area contributed by atoms with Crippen molar-refractivity contribution in [2.24, 2.45) is 5.92 Å². The Labute approximate surface area is 126 Å². The second-order valence-electron chi connectivity index (χ2n) is 6.84. The van der Waals surface area contributed by atoms with Crippen molar-refractivity contribution in [1.29, 1.82) is 0 Å². The summed E-state index contributed by atoms with van der Waals surface area (Å²) in [6.45, 7) is 1.80. The molecule has 3 atom stereocenters. The number of amides is 1. The number of carbonyl (C=O) groups is 1. The van der Waals surface area contributed by atoms with E-state index in [2.05, 4.69) is 34.5 Å². The third-order valence-corrected chi connectivity index (χ3v) is 5.66. The van der Waals surface area contributed by atoms with Crippen LogP contribution in [0.15, 0.2) is 24.3 Å². The highest BCUT2D eigenvalue weighted by molar-refractivity contribution is 5.83. The fraction of sp³-hybridized carbons (Fsp3) is 0.611. The normalized spacial score (nSPS) is 31.6. The number of fused-ring (bicyclic) bond motifs is 2. The molecule has 0 aromatic heterocycles. The lowest BCUT2D eigenvalue weighted by atomic mass is 9.90. The molecule has 3 nitrogen and oxygen atoms in total. The van der Waals surface area contributed by atoms with Crippen LogP contribution in [-0.4, -0.2) is 29.4 Å². The van der Waals surface area contributed by atoms with Crippen LogP contribution in [0.4, 0.5) is 0 Å². The third kappa shape index (κ3) is 2.38. The molecule has 2 heterocycles. The minimum absolute atomic E-state index is 0.0146. The molecule has 1 saturated carbocycles. The molecule has 1 aromatic carbocycles. The molecule has 1 amide bonds. The molecule has 0 radical (unpaired) electrons. The molecule has 4 rings (SSSR count). The minimum Gasteiger partial charge on any atom is -0.338 e. The van der Waals surface area contributed by atoms with E-state index in [-0.39, 0.29) is 6.04 Å². The summed E-state index contributed by atoms with van der Waals surface area (Å²) in [5, 5.41) is 3.46. The van der Waals surface area contributed by atoms with Gasteiger partial charge in [-0.15, -0.1) is 0 Å². The molecule has 0 spiro atoms. The summed E-state index contributed by atoms with van der Waals surface area (Å²) >= 11 is 0. The summed E-state index contributed by atoms with van der Waals surface area (Å²) in [4.78, 5) is 15.2. The van der Waals surface area contributed by atoms with Crippen LogP contribution >= 0.6 is 0 Å². The van der Waals surface area contributed by atoms with Gasteiger partial charge in [0.25, 0.3) is 0 Å². The van der Waals surface area contributed by atoms with E-state index in [1.807, 2.05) is 0 Å². The summed E-state index contributed by atoms with van der Waals surface area (Å²) < 4.78 is 0. The Morgan fingerprint density at radius 3 is 2.81 bits per heavy atom. The fourth-order valence-corrected chi connectivity index (χ4v) is 4.56. The number of hydrogen-bond donors (Lipinski definition) is 1. The molecule has 1 aliphatic carbocycles. The molecule has 21 heavy (non-hydrogen) atoms. The summed E-state index contributed by atoms with van der Waals surface area (Å²) in [6.07, 6.45) is 7.23. The molecule has 3 aliphatic rings. The van der Waals surface area contributed by atoms with Gasteiger partial charge in [0, 0.05) is 19.1 Å². The Morgan fingerprint density at radius 2 is 1.90 bits per heavy atom. The van der Waals surface area contributed by atoms with E-state index in [0.717, 1.165) is 25.4 Å². The number of rotatable bonds is 1. The standard InChI is InChI=1S/C18H24N2O/c21-18(20-10-4-8-13-7-3-9-17(13)20)16-11-14-5-1-2-6-15(14)12-19-16/h1-2,5-6,13,16-17,19H,3-4,7-12H2/t13?,16-,17?/m0/s1. The van der Waals surface area contributed by atoms with Crippen LogP contribution in [0.3, 0.4) is 0 Å². The Hall–Kier alpha value is -1.35. The Balaban J connectivity index is 1.50. The van der Waals surface area contributed by atoms with E-state index in [1.165, 1.54) is 43.2 Å². The smallest absolute Gasteiger partial charge is 0.240 e. The number of carbonyl (C=O) groups excluding carboxylic acids is 1. The zero-order chi connectivity index (χ0) is 14.2. The molecule has 2 fully saturated rings. The van der Waals surface area contributed by atoms with E-state index in [4.69, 9.17) is 0 Å². The Kier molecular flexibility index (Phi) is 3.46. The topological polar surface area (TPSA) is 32.3 Å². The summed E-state index contributed by atoms with van der Waals surface area (Å²) in [6, 6.07) is 9.02. The molecule has 0 bridgehead atoms. The van der Waals surface area contributed by atoms with Gasteiger partial charge in [0.05, 0.1) is 6.04 Å². The van der Waals surface area contributed by atoms with Crippen molar-refractivity contribution in [3.63, 3.8) is 0 Å². The zero-order valence-electron chi connectivity index (χ0n) is 12.6. The summed E-state index contributed by atoms with van der Waals surface area (Å²) in [5.41, 5.74) is 2.69. The zero-order valence-corrected chi connectivity index (χ0v) is 12.6. The summed E-state index contributed by atoms with van der Waals surface area (Å²) in [7, 11) is 0. The number of benzene rings is 1. The molecule has 2 unspecified atom stereocenters. The summed E-state index contributed by atoms with van der Waals surface area (Å²) in [5.74, 6) is 1.12. The molecular formula is C18H24N2O. The molecular weight excluding hydrogens is 260 g/mol. The van der Waals surface area contributed by atoms with Crippen molar-refractivity contribution in [2.45, 2.75) is 57.2 Å². The van der Waals surface area contributed by atoms with Gasteiger partial charge in [0.1, 0.15) is 0 Å². The van der Waals surface area contributed by atoms with Crippen LogP contribution in [0, 0.1) is 5.92 Å². The highest BCUT2D eigenvalue weighted by Crippen LogP contribution is 2.37. The third-order valence-electron chi connectivity index (χ3n) is 5.66. The van der Waals surface area contributed by atoms with E-state index < -0.39 is 0 Å². The molecule has 1 saturated heterocycles. The first-order valence-corrected chi connectivity index (χ1v) is 8.43. The number of piperidine rings is 1. The van der Waals surface area contributed by atoms with Crippen molar-refractivity contribution >= 4 is 5.91 Å². The lowest BCUT2D eigenvalue weighted by Gasteiger charge is -2.40. The average molecular weight is 284 g/mol. The van der Waals surface area contributed by atoms with Crippen molar-refractivity contribution in [3.8, 4) is 0 Å². The van der Waals surface area contributed by atoms with E-state index in [9.17, 15) is 4.79 Å². The van der Waals surface area contributed by atoms with Gasteiger partial charge in [-0.1, -0.05) is 30.7 Å². The predicted octanol–water partition coefficient (Wildman–Crippen LogP) is 2.49.